The summed E-state index contributed by atoms with van der Waals surface area (Å²) < 4.78 is 18.7. The van der Waals surface area contributed by atoms with Crippen LogP contribution >= 0.6 is 0 Å². The van der Waals surface area contributed by atoms with E-state index in [1.54, 1.807) is 20.0 Å². The lowest BCUT2D eigenvalue weighted by Gasteiger charge is -2.16. The molecule has 0 spiro atoms. The number of carbonyl (C=O) groups is 1. The molecule has 0 saturated heterocycles. The fourth-order valence-electron chi connectivity index (χ4n) is 1.51. The summed E-state index contributed by atoms with van der Waals surface area (Å²) in [4.78, 5) is 11.4. The van der Waals surface area contributed by atoms with Gasteiger partial charge in [-0.2, -0.15) is 0 Å². The van der Waals surface area contributed by atoms with Crippen molar-refractivity contribution >= 4 is 5.91 Å². The van der Waals surface area contributed by atoms with Crippen LogP contribution in [0.15, 0.2) is 18.2 Å². The summed E-state index contributed by atoms with van der Waals surface area (Å²) >= 11 is 0. The Hall–Kier alpha value is -1.62. The van der Waals surface area contributed by atoms with Gasteiger partial charge in [0.2, 0.25) is 0 Å². The topological polar surface area (TPSA) is 50.4 Å². The number of halogens is 1. The molecule has 0 aliphatic carbocycles. The number of benzene rings is 1. The lowest BCUT2D eigenvalue weighted by Crippen LogP contribution is -2.34. The predicted molar refractivity (Wildman–Crippen MR) is 67.9 cm³/mol. The summed E-state index contributed by atoms with van der Waals surface area (Å²) in [7, 11) is 1.55. The number of ether oxygens (including phenoxy) is 1. The van der Waals surface area contributed by atoms with Crippen LogP contribution in [-0.4, -0.2) is 25.6 Å². The van der Waals surface area contributed by atoms with Crippen LogP contribution in [0.1, 0.15) is 19.4 Å². The van der Waals surface area contributed by atoms with E-state index in [2.05, 4.69) is 10.6 Å². The molecule has 0 bridgehead atoms. The molecule has 4 nitrogen and oxygen atoms in total. The highest BCUT2D eigenvalue weighted by Gasteiger charge is 2.15. The SMILES string of the molecule is CCNCc1cc(F)ccc1OC(C)C(=O)NC. The molecule has 1 amide bonds. The number of carbonyl (C=O) groups excluding carboxylic acids is 1. The Labute approximate surface area is 107 Å². The van der Waals surface area contributed by atoms with Gasteiger partial charge in [0.1, 0.15) is 11.6 Å². The van der Waals surface area contributed by atoms with E-state index in [-0.39, 0.29) is 11.7 Å². The highest BCUT2D eigenvalue weighted by atomic mass is 19.1. The summed E-state index contributed by atoms with van der Waals surface area (Å²) in [6, 6.07) is 4.28. The zero-order valence-corrected chi connectivity index (χ0v) is 10.9. The van der Waals surface area contributed by atoms with E-state index in [0.29, 0.717) is 17.9 Å². The molecule has 0 saturated carbocycles. The largest absolute Gasteiger partial charge is 0.481 e. The van der Waals surface area contributed by atoms with Crippen molar-refractivity contribution in [3.05, 3.63) is 29.6 Å². The van der Waals surface area contributed by atoms with E-state index in [1.165, 1.54) is 12.1 Å². The molecular weight excluding hydrogens is 235 g/mol. The summed E-state index contributed by atoms with van der Waals surface area (Å²) in [5.74, 6) is -0.00924. The summed E-state index contributed by atoms with van der Waals surface area (Å²) in [6.45, 7) is 4.90. The number of hydrogen-bond donors (Lipinski definition) is 2. The van der Waals surface area contributed by atoms with Gasteiger partial charge in [-0.05, 0) is 31.7 Å². The summed E-state index contributed by atoms with van der Waals surface area (Å²) in [6.07, 6.45) is -0.610. The number of likely N-dealkylation sites (N-methyl/N-ethyl adjacent to an activating group) is 1. The molecule has 0 aliphatic heterocycles. The van der Waals surface area contributed by atoms with E-state index in [4.69, 9.17) is 4.74 Å². The molecule has 1 rings (SSSR count). The molecule has 0 heterocycles. The minimum absolute atomic E-state index is 0.214. The molecule has 100 valence electrons. The summed E-state index contributed by atoms with van der Waals surface area (Å²) in [5, 5.41) is 5.61. The maximum atomic E-state index is 13.2. The average Bonchev–Trinajstić information content (AvgIpc) is 2.37. The van der Waals surface area contributed by atoms with E-state index < -0.39 is 6.10 Å². The Morgan fingerprint density at radius 2 is 2.22 bits per heavy atom. The fourth-order valence-corrected chi connectivity index (χ4v) is 1.51. The van der Waals surface area contributed by atoms with Gasteiger partial charge in [-0.1, -0.05) is 6.92 Å². The maximum absolute atomic E-state index is 13.2. The third kappa shape index (κ3) is 4.00. The van der Waals surface area contributed by atoms with Crippen molar-refractivity contribution in [3.63, 3.8) is 0 Å². The molecule has 5 heteroatoms. The lowest BCUT2D eigenvalue weighted by atomic mass is 10.2. The van der Waals surface area contributed by atoms with Gasteiger partial charge < -0.3 is 15.4 Å². The molecule has 0 fully saturated rings. The van der Waals surface area contributed by atoms with Crippen molar-refractivity contribution in [2.45, 2.75) is 26.5 Å². The Morgan fingerprint density at radius 3 is 2.83 bits per heavy atom. The first-order valence-corrected chi connectivity index (χ1v) is 5.95. The molecule has 0 radical (unpaired) electrons. The number of nitrogens with one attached hydrogen (secondary N) is 2. The fraction of sp³-hybridized carbons (Fsp3) is 0.462. The first-order valence-electron chi connectivity index (χ1n) is 5.95. The van der Waals surface area contributed by atoms with Crippen molar-refractivity contribution in [1.82, 2.24) is 10.6 Å². The number of rotatable bonds is 6. The van der Waals surface area contributed by atoms with Crippen molar-refractivity contribution in [3.8, 4) is 5.75 Å². The van der Waals surface area contributed by atoms with Crippen molar-refractivity contribution in [2.24, 2.45) is 0 Å². The minimum atomic E-state index is -0.610. The number of amides is 1. The second kappa shape index (κ2) is 6.96. The third-order valence-electron chi connectivity index (χ3n) is 2.51. The number of hydrogen-bond acceptors (Lipinski definition) is 3. The minimum Gasteiger partial charge on any atom is -0.481 e. The summed E-state index contributed by atoms with van der Waals surface area (Å²) in [5.41, 5.74) is 0.701. The van der Waals surface area contributed by atoms with Crippen LogP contribution in [0.5, 0.6) is 5.75 Å². The zero-order chi connectivity index (χ0) is 13.5. The molecule has 1 aromatic rings. The van der Waals surface area contributed by atoms with Crippen molar-refractivity contribution in [1.29, 1.82) is 0 Å². The van der Waals surface area contributed by atoms with Gasteiger partial charge in [0, 0.05) is 19.2 Å². The molecule has 2 N–H and O–H groups in total. The van der Waals surface area contributed by atoms with Gasteiger partial charge in [-0.25, -0.2) is 4.39 Å². The molecular formula is C13H19FN2O2. The highest BCUT2D eigenvalue weighted by Crippen LogP contribution is 2.21. The Bertz CT molecular complexity index is 410. The normalized spacial score (nSPS) is 12.0. The third-order valence-corrected chi connectivity index (χ3v) is 2.51. The molecule has 1 aromatic carbocycles. The monoisotopic (exact) mass is 254 g/mol. The van der Waals surface area contributed by atoms with Crippen molar-refractivity contribution in [2.75, 3.05) is 13.6 Å². The molecule has 1 atom stereocenters. The van der Waals surface area contributed by atoms with E-state index in [1.807, 2.05) is 6.92 Å². The molecule has 0 aromatic heterocycles. The second-order valence-electron chi connectivity index (χ2n) is 3.91. The Morgan fingerprint density at radius 1 is 1.50 bits per heavy atom. The zero-order valence-electron chi connectivity index (χ0n) is 10.9. The van der Waals surface area contributed by atoms with Crippen LogP contribution < -0.4 is 15.4 Å². The Balaban J connectivity index is 2.83. The van der Waals surface area contributed by atoms with Crippen LogP contribution in [0.4, 0.5) is 4.39 Å². The van der Waals surface area contributed by atoms with Crippen LogP contribution in [0.2, 0.25) is 0 Å². The predicted octanol–water partition coefficient (Wildman–Crippen LogP) is 1.45. The Kier molecular flexibility index (Phi) is 5.58. The van der Waals surface area contributed by atoms with Gasteiger partial charge in [-0.15, -0.1) is 0 Å². The first-order chi connectivity index (χ1) is 8.58. The van der Waals surface area contributed by atoms with Gasteiger partial charge >= 0.3 is 0 Å². The molecule has 1 unspecified atom stereocenters. The van der Waals surface area contributed by atoms with Gasteiger partial charge in [0.15, 0.2) is 6.10 Å². The van der Waals surface area contributed by atoms with E-state index >= 15 is 0 Å². The second-order valence-corrected chi connectivity index (χ2v) is 3.91. The van der Waals surface area contributed by atoms with Crippen molar-refractivity contribution < 1.29 is 13.9 Å². The van der Waals surface area contributed by atoms with Crippen LogP contribution in [0.25, 0.3) is 0 Å². The first kappa shape index (κ1) is 14.4. The standard InChI is InChI=1S/C13H19FN2O2/c1-4-16-8-10-7-11(14)5-6-12(10)18-9(2)13(17)15-3/h5-7,9,16H,4,8H2,1-3H3,(H,15,17). The van der Waals surface area contributed by atoms with Crippen LogP contribution in [-0.2, 0) is 11.3 Å². The molecule has 0 aliphatic rings. The van der Waals surface area contributed by atoms with E-state index in [9.17, 15) is 9.18 Å². The lowest BCUT2D eigenvalue weighted by molar-refractivity contribution is -0.126. The van der Waals surface area contributed by atoms with E-state index in [0.717, 1.165) is 6.54 Å². The average molecular weight is 254 g/mol. The maximum Gasteiger partial charge on any atom is 0.260 e. The van der Waals surface area contributed by atoms with Gasteiger partial charge in [0.05, 0.1) is 0 Å². The highest BCUT2D eigenvalue weighted by molar-refractivity contribution is 5.80. The van der Waals surface area contributed by atoms with Crippen LogP contribution in [0, 0.1) is 5.82 Å². The smallest absolute Gasteiger partial charge is 0.260 e. The van der Waals surface area contributed by atoms with Gasteiger partial charge in [-0.3, -0.25) is 4.79 Å². The van der Waals surface area contributed by atoms with Crippen LogP contribution in [0.3, 0.4) is 0 Å². The quantitative estimate of drug-likeness (QED) is 0.808. The van der Waals surface area contributed by atoms with Gasteiger partial charge in [0.25, 0.3) is 5.91 Å². The molecule has 18 heavy (non-hydrogen) atoms.